The molecule has 0 spiro atoms. The summed E-state index contributed by atoms with van der Waals surface area (Å²) < 4.78 is 0. The third kappa shape index (κ3) is 3.25. The summed E-state index contributed by atoms with van der Waals surface area (Å²) in [6, 6.07) is 8.77. The van der Waals surface area contributed by atoms with E-state index in [1.54, 1.807) is 0 Å². The maximum absolute atomic E-state index is 12.8. The van der Waals surface area contributed by atoms with E-state index >= 15 is 0 Å². The number of fused-ring (bicyclic) bond motifs is 1. The van der Waals surface area contributed by atoms with Gasteiger partial charge in [-0.2, -0.15) is 0 Å². The van der Waals surface area contributed by atoms with Crippen molar-refractivity contribution in [1.29, 1.82) is 0 Å². The van der Waals surface area contributed by atoms with Gasteiger partial charge >= 0.3 is 0 Å². The largest absolute Gasteiger partial charge is 0.342 e. The van der Waals surface area contributed by atoms with E-state index in [1.807, 2.05) is 23.4 Å². The Kier molecular flexibility index (Phi) is 3.83. The van der Waals surface area contributed by atoms with Gasteiger partial charge in [-0.3, -0.25) is 14.8 Å². The number of aliphatic imine (C=N–C) groups is 1. The first kappa shape index (κ1) is 16.9. The van der Waals surface area contributed by atoms with Crippen LogP contribution in [0.15, 0.2) is 35.5 Å². The van der Waals surface area contributed by atoms with Gasteiger partial charge in [0.05, 0.1) is 5.52 Å². The lowest BCUT2D eigenvalue weighted by molar-refractivity contribution is -0.133. The molecule has 1 aliphatic carbocycles. The van der Waals surface area contributed by atoms with Crippen LogP contribution in [-0.2, 0) is 4.79 Å². The predicted octanol–water partition coefficient (Wildman–Crippen LogP) is 3.19. The number of carbonyl (C=O) groups excluding carboxylic acids is 1. The van der Waals surface area contributed by atoms with Gasteiger partial charge in [0.15, 0.2) is 0 Å². The first-order chi connectivity index (χ1) is 13.0. The van der Waals surface area contributed by atoms with E-state index < -0.39 is 0 Å². The lowest BCUT2D eigenvalue weighted by atomic mass is 9.83. The highest BCUT2D eigenvalue weighted by Gasteiger charge is 2.42. The fraction of sp³-hybridized carbons (Fsp3) is 0.500. The van der Waals surface area contributed by atoms with Crippen LogP contribution in [-0.4, -0.2) is 40.6 Å². The average molecular weight is 362 g/mol. The fourth-order valence-electron chi connectivity index (χ4n) is 4.55. The summed E-state index contributed by atoms with van der Waals surface area (Å²) in [5.74, 6) is 1.04. The zero-order chi connectivity index (χ0) is 18.6. The van der Waals surface area contributed by atoms with Crippen LogP contribution in [0, 0.1) is 5.92 Å². The second-order valence-corrected chi connectivity index (χ2v) is 8.76. The number of likely N-dealkylation sites (tertiary alicyclic amines) is 1. The number of piperidine rings is 1. The van der Waals surface area contributed by atoms with Crippen LogP contribution < -0.4 is 5.73 Å². The molecule has 3 aliphatic rings. The number of nitrogens with two attached hydrogens (primary N) is 1. The number of amides is 1. The number of benzene rings is 1. The highest BCUT2D eigenvalue weighted by molar-refractivity contribution is 5.92. The zero-order valence-electron chi connectivity index (χ0n) is 15.8. The SMILES string of the molecule is C[C@H]1C[C@H](c2ccc(C3C=N3)c3ncccc23)CN(C(=O)CC2(N)CC2)C1. The van der Waals surface area contributed by atoms with Gasteiger partial charge in [0.1, 0.15) is 6.04 Å². The van der Waals surface area contributed by atoms with Crippen molar-refractivity contribution < 1.29 is 4.79 Å². The Bertz CT molecular complexity index is 927. The summed E-state index contributed by atoms with van der Waals surface area (Å²) in [6.45, 7) is 3.87. The van der Waals surface area contributed by atoms with Crippen molar-refractivity contribution in [2.24, 2.45) is 16.6 Å². The summed E-state index contributed by atoms with van der Waals surface area (Å²) >= 11 is 0. The minimum Gasteiger partial charge on any atom is -0.342 e. The van der Waals surface area contributed by atoms with Crippen molar-refractivity contribution in [2.45, 2.75) is 50.1 Å². The van der Waals surface area contributed by atoms with Crippen LogP contribution in [0.3, 0.4) is 0 Å². The third-order valence-corrected chi connectivity index (χ3v) is 6.30. The molecule has 1 saturated carbocycles. The molecule has 0 radical (unpaired) electrons. The van der Waals surface area contributed by atoms with E-state index in [-0.39, 0.29) is 17.5 Å². The summed E-state index contributed by atoms with van der Waals surface area (Å²) in [7, 11) is 0. The Morgan fingerprint density at radius 1 is 1.26 bits per heavy atom. The van der Waals surface area contributed by atoms with Gasteiger partial charge in [0, 0.05) is 54.3 Å². The zero-order valence-corrected chi connectivity index (χ0v) is 15.8. The van der Waals surface area contributed by atoms with Crippen LogP contribution in [0.5, 0.6) is 0 Å². The molecule has 0 bridgehead atoms. The Hall–Kier alpha value is -2.27. The van der Waals surface area contributed by atoms with Gasteiger partial charge in [-0.05, 0) is 36.8 Å². The smallest absolute Gasteiger partial charge is 0.224 e. The van der Waals surface area contributed by atoms with Crippen LogP contribution in [0.25, 0.3) is 10.9 Å². The van der Waals surface area contributed by atoms with Crippen molar-refractivity contribution in [2.75, 3.05) is 13.1 Å². The van der Waals surface area contributed by atoms with Gasteiger partial charge in [-0.15, -0.1) is 0 Å². The van der Waals surface area contributed by atoms with Crippen molar-refractivity contribution in [1.82, 2.24) is 9.88 Å². The molecule has 140 valence electrons. The highest BCUT2D eigenvalue weighted by atomic mass is 16.2. The second kappa shape index (κ2) is 6.13. The number of aromatic nitrogens is 1. The van der Waals surface area contributed by atoms with E-state index in [4.69, 9.17) is 5.73 Å². The second-order valence-electron chi connectivity index (χ2n) is 8.76. The summed E-state index contributed by atoms with van der Waals surface area (Å²) in [4.78, 5) is 23.8. The number of pyridine rings is 1. The Balaban J connectivity index is 1.45. The van der Waals surface area contributed by atoms with Crippen molar-refractivity contribution in [3.05, 3.63) is 41.6 Å². The fourth-order valence-corrected chi connectivity index (χ4v) is 4.55. The van der Waals surface area contributed by atoms with Gasteiger partial charge in [0.2, 0.25) is 5.91 Å². The predicted molar refractivity (Wildman–Crippen MR) is 107 cm³/mol. The molecule has 3 atom stereocenters. The number of rotatable bonds is 4. The van der Waals surface area contributed by atoms with Crippen molar-refractivity contribution in [3.63, 3.8) is 0 Å². The molecule has 2 aliphatic heterocycles. The molecule has 5 rings (SSSR count). The van der Waals surface area contributed by atoms with E-state index in [1.165, 1.54) is 16.5 Å². The lowest BCUT2D eigenvalue weighted by Crippen LogP contribution is -2.44. The van der Waals surface area contributed by atoms with E-state index in [0.29, 0.717) is 18.3 Å². The molecular formula is C22H26N4O. The summed E-state index contributed by atoms with van der Waals surface area (Å²) in [5.41, 5.74) is 9.51. The topological polar surface area (TPSA) is 71.6 Å². The van der Waals surface area contributed by atoms with Crippen molar-refractivity contribution in [3.8, 4) is 0 Å². The summed E-state index contributed by atoms with van der Waals surface area (Å²) in [5, 5.41) is 1.20. The standard InChI is InChI=1S/C22H26N4O/c1-14-9-15(13-26(12-14)20(27)10-22(23)6-7-22)16-4-5-18(19-11-25-19)21-17(16)3-2-8-24-21/h2-5,8,11,14-15,19H,6-7,9-10,12-13,23H2,1H3/t14-,15-,19?/m0/s1. The molecule has 1 aromatic heterocycles. The van der Waals surface area contributed by atoms with Crippen LogP contribution >= 0.6 is 0 Å². The molecule has 1 amide bonds. The normalized spacial score (nSPS) is 28.4. The minimum absolute atomic E-state index is 0.194. The monoisotopic (exact) mass is 362 g/mol. The van der Waals surface area contributed by atoms with Gasteiger partial charge in [-0.25, -0.2) is 0 Å². The minimum atomic E-state index is -0.226. The Morgan fingerprint density at radius 2 is 2.04 bits per heavy atom. The average Bonchev–Trinajstić information content (AvgIpc) is 3.58. The van der Waals surface area contributed by atoms with Crippen LogP contribution in [0.1, 0.15) is 55.7 Å². The Labute approximate surface area is 159 Å². The molecular weight excluding hydrogens is 336 g/mol. The molecule has 1 unspecified atom stereocenters. The van der Waals surface area contributed by atoms with E-state index in [2.05, 4.69) is 35.1 Å². The molecule has 2 N–H and O–H groups in total. The molecule has 1 saturated heterocycles. The van der Waals surface area contributed by atoms with Crippen LogP contribution in [0.2, 0.25) is 0 Å². The van der Waals surface area contributed by atoms with Crippen molar-refractivity contribution >= 4 is 23.0 Å². The molecule has 1 aromatic carbocycles. The van der Waals surface area contributed by atoms with Gasteiger partial charge < -0.3 is 10.6 Å². The molecule has 27 heavy (non-hydrogen) atoms. The number of hydrogen-bond donors (Lipinski definition) is 1. The quantitative estimate of drug-likeness (QED) is 0.908. The van der Waals surface area contributed by atoms with Gasteiger partial charge in [-0.1, -0.05) is 25.1 Å². The maximum Gasteiger partial charge on any atom is 0.224 e. The Morgan fingerprint density at radius 3 is 2.78 bits per heavy atom. The molecule has 5 heteroatoms. The maximum atomic E-state index is 12.8. The number of hydrogen-bond acceptors (Lipinski definition) is 4. The first-order valence-corrected chi connectivity index (χ1v) is 10.00. The highest BCUT2D eigenvalue weighted by Crippen LogP contribution is 2.40. The number of nitrogens with zero attached hydrogens (tertiary/aromatic N) is 3. The molecule has 2 fully saturated rings. The molecule has 2 aromatic rings. The van der Waals surface area contributed by atoms with Gasteiger partial charge in [0.25, 0.3) is 0 Å². The lowest BCUT2D eigenvalue weighted by Gasteiger charge is -2.37. The van der Waals surface area contributed by atoms with E-state index in [9.17, 15) is 4.79 Å². The molecule has 3 heterocycles. The number of carbonyl (C=O) groups is 1. The van der Waals surface area contributed by atoms with Crippen LogP contribution in [0.4, 0.5) is 0 Å². The van der Waals surface area contributed by atoms with E-state index in [0.717, 1.165) is 37.9 Å². The molecule has 5 nitrogen and oxygen atoms in total. The third-order valence-electron chi connectivity index (χ3n) is 6.30. The summed E-state index contributed by atoms with van der Waals surface area (Å²) in [6.07, 6.45) is 7.37. The first-order valence-electron chi connectivity index (χ1n) is 10.00.